The Kier molecular flexibility index (Phi) is 6.60. The third-order valence-corrected chi connectivity index (χ3v) is 4.23. The molecular formula is C15H27CaO3P. The van der Waals surface area contributed by atoms with Crippen LogP contribution < -0.4 is 5.30 Å². The summed E-state index contributed by atoms with van der Waals surface area (Å²) in [5.41, 5.74) is 1.91. The van der Waals surface area contributed by atoms with E-state index >= 15 is 0 Å². The van der Waals surface area contributed by atoms with E-state index in [2.05, 4.69) is 0 Å². The van der Waals surface area contributed by atoms with Crippen molar-refractivity contribution in [1.29, 1.82) is 0 Å². The molecule has 0 fully saturated rings. The molecule has 0 atom stereocenters. The number of rotatable bonds is 1. The molecule has 1 aromatic carbocycles. The van der Waals surface area contributed by atoms with E-state index in [1.807, 2.05) is 60.6 Å². The molecule has 2 N–H and O–H groups in total. The first-order chi connectivity index (χ1) is 8.24. The van der Waals surface area contributed by atoms with Crippen LogP contribution in [0.25, 0.3) is 0 Å². The molecule has 0 aliphatic carbocycles. The molecule has 0 radical (unpaired) electrons. The van der Waals surface area contributed by atoms with Crippen molar-refractivity contribution in [2.45, 2.75) is 59.3 Å². The number of hydrogen-bond acceptors (Lipinski definition) is 1. The predicted molar refractivity (Wildman–Crippen MR) is 88.2 cm³/mol. The second-order valence-corrected chi connectivity index (χ2v) is 8.79. The second-order valence-electron chi connectivity index (χ2n) is 7.25. The van der Waals surface area contributed by atoms with Gasteiger partial charge in [-0.1, -0.05) is 59.2 Å². The van der Waals surface area contributed by atoms with Crippen molar-refractivity contribution in [2.24, 2.45) is 0 Å². The fourth-order valence-corrected chi connectivity index (χ4v) is 3.66. The Balaban J connectivity index is -0.00000120. The molecule has 20 heavy (non-hydrogen) atoms. The van der Waals surface area contributed by atoms with Gasteiger partial charge in [0.05, 0.1) is 5.30 Å². The Hall–Kier alpha value is 0.630. The summed E-state index contributed by atoms with van der Waals surface area (Å²) >= 11 is 0. The molecule has 112 valence electrons. The second kappa shape index (κ2) is 6.40. The maximum absolute atomic E-state index is 12.0. The first kappa shape index (κ1) is 20.6. The average Bonchev–Trinajstić information content (AvgIpc) is 2.11. The summed E-state index contributed by atoms with van der Waals surface area (Å²) in [5.74, 6) is 0. The monoisotopic (exact) mass is 326 g/mol. The molecule has 1 rings (SSSR count). The van der Waals surface area contributed by atoms with Gasteiger partial charge in [-0.3, -0.25) is 4.57 Å². The molecule has 0 saturated heterocycles. The van der Waals surface area contributed by atoms with Crippen molar-refractivity contribution in [3.8, 4) is 0 Å². The van der Waals surface area contributed by atoms with E-state index in [1.165, 1.54) is 0 Å². The molecule has 0 aliphatic rings. The summed E-state index contributed by atoms with van der Waals surface area (Å²) in [7, 11) is -4.31. The van der Waals surface area contributed by atoms with E-state index in [0.29, 0.717) is 0 Å². The van der Waals surface area contributed by atoms with Gasteiger partial charge in [-0.25, -0.2) is 0 Å². The van der Waals surface area contributed by atoms with Crippen LogP contribution >= 0.6 is 7.60 Å². The fourth-order valence-electron chi connectivity index (χ4n) is 2.24. The zero-order valence-electron chi connectivity index (χ0n) is 15.6. The number of aryl methyl sites for hydroxylation is 1. The van der Waals surface area contributed by atoms with E-state index in [-0.39, 0.29) is 56.7 Å². The molecule has 0 heterocycles. The Labute approximate surface area is 155 Å². The quantitative estimate of drug-likeness (QED) is 0.615. The van der Waals surface area contributed by atoms with Crippen molar-refractivity contribution < 1.29 is 17.2 Å². The van der Waals surface area contributed by atoms with Crippen molar-refractivity contribution in [3.05, 3.63) is 28.8 Å². The van der Waals surface area contributed by atoms with Gasteiger partial charge in [0, 0.05) is 0 Å². The maximum Gasteiger partial charge on any atom is 2.00 e. The van der Waals surface area contributed by atoms with Crippen LogP contribution in [0.4, 0.5) is 0 Å². The van der Waals surface area contributed by atoms with E-state index in [4.69, 9.17) is 0 Å². The Morgan fingerprint density at radius 1 is 0.950 bits per heavy atom. The first-order valence-electron chi connectivity index (χ1n) is 6.46. The molecule has 0 saturated carbocycles. The van der Waals surface area contributed by atoms with Crippen molar-refractivity contribution in [1.82, 2.24) is 0 Å². The van der Waals surface area contributed by atoms with Crippen molar-refractivity contribution >= 4 is 50.6 Å². The maximum atomic E-state index is 12.0. The van der Waals surface area contributed by atoms with Gasteiger partial charge < -0.3 is 12.6 Å². The molecule has 0 spiro atoms. The smallest absolute Gasteiger partial charge is 1.00 e. The minimum Gasteiger partial charge on any atom is -1.00 e. The number of hydrogen-bond donors (Lipinski definition) is 2. The van der Waals surface area contributed by atoms with E-state index < -0.39 is 7.60 Å². The summed E-state index contributed by atoms with van der Waals surface area (Å²) in [6.07, 6.45) is 0. The van der Waals surface area contributed by atoms with Gasteiger partial charge in [0.25, 0.3) is 0 Å². The zero-order chi connectivity index (χ0) is 15.2. The van der Waals surface area contributed by atoms with Gasteiger partial charge in [-0.05, 0) is 28.9 Å². The summed E-state index contributed by atoms with van der Waals surface area (Å²) in [5, 5.41) is 0.207. The SMILES string of the molecule is Cc1cc(C(C)(C)C)c(P(=O)(O)O)c(C(C)(C)C)c1.[Ca+2].[H-].[H-]. The molecule has 1 aromatic rings. The van der Waals surface area contributed by atoms with Gasteiger partial charge in [-0.15, -0.1) is 0 Å². The minimum atomic E-state index is -4.31. The normalized spacial score (nSPS) is 13.1. The van der Waals surface area contributed by atoms with E-state index in [9.17, 15) is 14.4 Å². The first-order valence-corrected chi connectivity index (χ1v) is 8.07. The predicted octanol–water partition coefficient (Wildman–Crippen LogP) is 3.24. The molecular weight excluding hydrogens is 299 g/mol. The van der Waals surface area contributed by atoms with Gasteiger partial charge in [-0.2, -0.15) is 0 Å². The Bertz CT molecular complexity index is 508. The molecule has 0 amide bonds. The van der Waals surface area contributed by atoms with Crippen LogP contribution in [-0.4, -0.2) is 47.5 Å². The van der Waals surface area contributed by atoms with Gasteiger partial charge in [0.1, 0.15) is 0 Å². The summed E-state index contributed by atoms with van der Waals surface area (Å²) in [4.78, 5) is 19.6. The van der Waals surface area contributed by atoms with Crippen molar-refractivity contribution in [2.75, 3.05) is 0 Å². The van der Waals surface area contributed by atoms with Crippen LogP contribution in [0.5, 0.6) is 0 Å². The van der Waals surface area contributed by atoms with Crippen LogP contribution in [0.3, 0.4) is 0 Å². The minimum absolute atomic E-state index is 0. The van der Waals surface area contributed by atoms with Crippen LogP contribution in [0, 0.1) is 6.92 Å². The van der Waals surface area contributed by atoms with E-state index in [1.54, 1.807) is 0 Å². The van der Waals surface area contributed by atoms with Crippen LogP contribution in [-0.2, 0) is 15.4 Å². The van der Waals surface area contributed by atoms with Crippen LogP contribution in [0.1, 0.15) is 61.1 Å². The van der Waals surface area contributed by atoms with Gasteiger partial charge in [0.2, 0.25) is 0 Å². The Morgan fingerprint density at radius 3 is 1.45 bits per heavy atom. The van der Waals surface area contributed by atoms with Crippen LogP contribution in [0.2, 0.25) is 0 Å². The molecule has 0 unspecified atom stereocenters. The molecule has 0 bridgehead atoms. The molecule has 3 nitrogen and oxygen atoms in total. The van der Waals surface area contributed by atoms with Gasteiger partial charge in [0.15, 0.2) is 0 Å². The topological polar surface area (TPSA) is 57.5 Å². The molecule has 5 heteroatoms. The fraction of sp³-hybridized carbons (Fsp3) is 0.600. The summed E-state index contributed by atoms with van der Waals surface area (Å²) < 4.78 is 12.0. The molecule has 0 aromatic heterocycles. The number of benzene rings is 1. The molecule has 0 aliphatic heterocycles. The summed E-state index contributed by atoms with van der Waals surface area (Å²) in [6.45, 7) is 13.8. The Morgan fingerprint density at radius 2 is 1.25 bits per heavy atom. The standard InChI is InChI=1S/C15H25O3P.Ca.2H/c1-10-8-11(14(2,3)4)13(19(16,17)18)12(9-10)15(5,6)7;;;/h8-9H,1-7H3,(H2,16,17,18);;;/q;+2;2*-1. The largest absolute Gasteiger partial charge is 2.00 e. The third kappa shape index (κ3) is 4.83. The van der Waals surface area contributed by atoms with E-state index in [0.717, 1.165) is 16.7 Å². The average molecular weight is 326 g/mol. The summed E-state index contributed by atoms with van der Waals surface area (Å²) in [6, 6.07) is 3.79. The van der Waals surface area contributed by atoms with Crippen molar-refractivity contribution in [3.63, 3.8) is 0 Å². The van der Waals surface area contributed by atoms with Gasteiger partial charge >= 0.3 is 45.3 Å². The third-order valence-electron chi connectivity index (χ3n) is 3.16. The van der Waals surface area contributed by atoms with Crippen LogP contribution in [0.15, 0.2) is 12.1 Å². The zero-order valence-corrected chi connectivity index (χ0v) is 16.7.